The molecule has 0 fully saturated rings. The van der Waals surface area contributed by atoms with Crippen LogP contribution in [0.2, 0.25) is 0 Å². The largest absolute Gasteiger partial charge is 0.316 e. The minimum atomic E-state index is -0.188. The van der Waals surface area contributed by atoms with Crippen LogP contribution in [0.15, 0.2) is 59.6 Å². The molecule has 0 bridgehead atoms. The highest BCUT2D eigenvalue weighted by Crippen LogP contribution is 2.17. The van der Waals surface area contributed by atoms with Crippen molar-refractivity contribution >= 4 is 27.5 Å². The first-order valence-electron chi connectivity index (χ1n) is 7.02. The van der Waals surface area contributed by atoms with Gasteiger partial charge in [0.25, 0.3) is 5.91 Å². The Hall–Kier alpha value is -2.20. The summed E-state index contributed by atoms with van der Waals surface area (Å²) in [6.07, 6.45) is 1.01. The lowest BCUT2D eigenvalue weighted by atomic mass is 10.2. The summed E-state index contributed by atoms with van der Waals surface area (Å²) in [6.45, 7) is 2.99. The van der Waals surface area contributed by atoms with Gasteiger partial charge in [0, 0.05) is 12.1 Å². The fourth-order valence-electron chi connectivity index (χ4n) is 2.28. The Balaban J connectivity index is 2.13. The lowest BCUT2D eigenvalue weighted by molar-refractivity contribution is 0.0998. The van der Waals surface area contributed by atoms with E-state index in [0.717, 1.165) is 28.0 Å². The highest BCUT2D eigenvalue weighted by atomic mass is 32.1. The molecule has 0 saturated carbocycles. The number of nitrogens with zero attached hydrogens (tertiary/aromatic N) is 2. The summed E-state index contributed by atoms with van der Waals surface area (Å²) < 4.78 is 3.28. The van der Waals surface area contributed by atoms with Gasteiger partial charge >= 0.3 is 0 Å². The Bertz CT molecular complexity index is 831. The van der Waals surface area contributed by atoms with Crippen LogP contribution in [0.5, 0.6) is 0 Å². The van der Waals surface area contributed by atoms with Crippen LogP contribution in [0.4, 0.5) is 0 Å². The van der Waals surface area contributed by atoms with Crippen LogP contribution in [-0.2, 0) is 6.54 Å². The van der Waals surface area contributed by atoms with Crippen molar-refractivity contribution in [2.45, 2.75) is 19.9 Å². The average Bonchev–Trinajstić information content (AvgIpc) is 2.86. The van der Waals surface area contributed by atoms with Crippen LogP contribution in [0.1, 0.15) is 23.7 Å². The number of rotatable bonds is 3. The molecule has 0 aliphatic carbocycles. The van der Waals surface area contributed by atoms with Crippen LogP contribution in [-0.4, -0.2) is 10.5 Å². The topological polar surface area (TPSA) is 34.4 Å². The van der Waals surface area contributed by atoms with Crippen molar-refractivity contribution in [2.24, 2.45) is 4.99 Å². The van der Waals surface area contributed by atoms with Crippen molar-refractivity contribution in [1.29, 1.82) is 0 Å². The third-order valence-corrected chi connectivity index (χ3v) is 4.31. The third-order valence-electron chi connectivity index (χ3n) is 3.25. The number of hydrogen-bond donors (Lipinski definition) is 0. The highest BCUT2D eigenvalue weighted by Gasteiger charge is 2.07. The van der Waals surface area contributed by atoms with E-state index in [-0.39, 0.29) is 5.91 Å². The van der Waals surface area contributed by atoms with Gasteiger partial charge in [-0.3, -0.25) is 4.79 Å². The Morgan fingerprint density at radius 1 is 1.10 bits per heavy atom. The van der Waals surface area contributed by atoms with Gasteiger partial charge in [0.2, 0.25) is 0 Å². The van der Waals surface area contributed by atoms with Gasteiger partial charge in [0.05, 0.1) is 10.2 Å². The van der Waals surface area contributed by atoms with E-state index in [1.54, 1.807) is 23.5 Å². The second-order valence-electron chi connectivity index (χ2n) is 4.79. The van der Waals surface area contributed by atoms with E-state index < -0.39 is 0 Å². The number of carbonyl (C=O) groups is 1. The number of para-hydroxylation sites is 1. The fraction of sp³-hybridized carbons (Fsp3) is 0.176. The maximum atomic E-state index is 12.3. The van der Waals surface area contributed by atoms with E-state index in [2.05, 4.69) is 28.6 Å². The number of benzene rings is 2. The number of aryl methyl sites for hydroxylation is 1. The summed E-state index contributed by atoms with van der Waals surface area (Å²) in [5, 5.41) is 0. The summed E-state index contributed by atoms with van der Waals surface area (Å²) >= 11 is 1.56. The van der Waals surface area contributed by atoms with Gasteiger partial charge in [-0.25, -0.2) is 0 Å². The zero-order valence-electron chi connectivity index (χ0n) is 11.8. The van der Waals surface area contributed by atoms with Crippen molar-refractivity contribution in [1.82, 2.24) is 4.57 Å². The molecule has 1 heterocycles. The molecule has 3 rings (SSSR count). The van der Waals surface area contributed by atoms with E-state index in [1.807, 2.05) is 30.3 Å². The molecule has 0 N–H and O–H groups in total. The molecule has 106 valence electrons. The maximum absolute atomic E-state index is 12.3. The molecular weight excluding hydrogens is 280 g/mol. The van der Waals surface area contributed by atoms with Crippen LogP contribution in [0.3, 0.4) is 0 Å². The normalized spacial score (nSPS) is 12.0. The zero-order valence-corrected chi connectivity index (χ0v) is 12.6. The predicted molar refractivity (Wildman–Crippen MR) is 86.4 cm³/mol. The highest BCUT2D eigenvalue weighted by molar-refractivity contribution is 7.16. The minimum Gasteiger partial charge on any atom is -0.316 e. The third kappa shape index (κ3) is 2.81. The lowest BCUT2D eigenvalue weighted by Gasteiger charge is -2.02. The Kier molecular flexibility index (Phi) is 3.97. The molecule has 3 nitrogen and oxygen atoms in total. The Morgan fingerprint density at radius 2 is 1.81 bits per heavy atom. The fourth-order valence-corrected chi connectivity index (χ4v) is 3.33. The molecule has 0 atom stereocenters. The molecule has 0 aliphatic rings. The number of fused-ring (bicyclic) bond motifs is 1. The zero-order chi connectivity index (χ0) is 14.7. The summed E-state index contributed by atoms with van der Waals surface area (Å²) in [5.41, 5.74) is 1.77. The summed E-state index contributed by atoms with van der Waals surface area (Å²) in [6, 6.07) is 17.4. The van der Waals surface area contributed by atoms with Crippen molar-refractivity contribution in [3.8, 4) is 0 Å². The lowest BCUT2D eigenvalue weighted by Crippen LogP contribution is -2.16. The minimum absolute atomic E-state index is 0.188. The summed E-state index contributed by atoms with van der Waals surface area (Å²) in [7, 11) is 0. The van der Waals surface area contributed by atoms with E-state index in [4.69, 9.17) is 0 Å². The standard InChI is InChI=1S/C17H16N2OS/c1-2-12-19-14-10-6-7-11-15(14)21-17(19)18-16(20)13-8-4-3-5-9-13/h3-11H,2,12H2,1H3. The monoisotopic (exact) mass is 296 g/mol. The van der Waals surface area contributed by atoms with Gasteiger partial charge in [-0.15, -0.1) is 0 Å². The van der Waals surface area contributed by atoms with Crippen molar-refractivity contribution in [3.05, 3.63) is 65.0 Å². The SMILES string of the molecule is CCCn1c(=NC(=O)c2ccccc2)sc2ccccc21. The molecule has 1 aromatic heterocycles. The smallest absolute Gasteiger partial charge is 0.279 e. The van der Waals surface area contributed by atoms with Crippen molar-refractivity contribution in [2.75, 3.05) is 0 Å². The number of aromatic nitrogens is 1. The second kappa shape index (κ2) is 6.06. The van der Waals surface area contributed by atoms with E-state index >= 15 is 0 Å². The molecule has 4 heteroatoms. The van der Waals surface area contributed by atoms with Gasteiger partial charge in [0.15, 0.2) is 4.80 Å². The molecule has 0 saturated heterocycles. The number of carbonyl (C=O) groups excluding carboxylic acids is 1. The summed E-state index contributed by atoms with van der Waals surface area (Å²) in [5.74, 6) is -0.188. The van der Waals surface area contributed by atoms with Crippen molar-refractivity contribution < 1.29 is 4.79 Å². The molecular formula is C17H16N2OS. The molecule has 1 amide bonds. The number of hydrogen-bond acceptors (Lipinski definition) is 2. The van der Waals surface area contributed by atoms with Gasteiger partial charge in [0.1, 0.15) is 0 Å². The molecule has 2 aromatic carbocycles. The van der Waals surface area contributed by atoms with Gasteiger partial charge in [-0.2, -0.15) is 4.99 Å². The first-order chi connectivity index (χ1) is 10.3. The van der Waals surface area contributed by atoms with E-state index in [1.165, 1.54) is 0 Å². The quantitative estimate of drug-likeness (QED) is 0.723. The van der Waals surface area contributed by atoms with Crippen LogP contribution < -0.4 is 4.80 Å². The van der Waals surface area contributed by atoms with E-state index in [9.17, 15) is 4.79 Å². The molecule has 0 radical (unpaired) electrons. The molecule has 0 unspecified atom stereocenters. The molecule has 0 spiro atoms. The van der Waals surface area contributed by atoms with Gasteiger partial charge in [-0.05, 0) is 30.7 Å². The van der Waals surface area contributed by atoms with Crippen LogP contribution >= 0.6 is 11.3 Å². The summed E-state index contributed by atoms with van der Waals surface area (Å²) in [4.78, 5) is 17.4. The predicted octanol–water partition coefficient (Wildman–Crippen LogP) is 3.85. The van der Waals surface area contributed by atoms with E-state index in [0.29, 0.717) is 5.56 Å². The van der Waals surface area contributed by atoms with Gasteiger partial charge < -0.3 is 4.57 Å². The van der Waals surface area contributed by atoms with Crippen LogP contribution in [0.25, 0.3) is 10.2 Å². The average molecular weight is 296 g/mol. The van der Waals surface area contributed by atoms with Crippen molar-refractivity contribution in [3.63, 3.8) is 0 Å². The first kappa shape index (κ1) is 13.8. The number of thiazole rings is 1. The second-order valence-corrected chi connectivity index (χ2v) is 5.80. The maximum Gasteiger partial charge on any atom is 0.279 e. The van der Waals surface area contributed by atoms with Crippen LogP contribution in [0, 0.1) is 0 Å². The molecule has 21 heavy (non-hydrogen) atoms. The van der Waals surface area contributed by atoms with Gasteiger partial charge in [-0.1, -0.05) is 48.6 Å². The Morgan fingerprint density at radius 3 is 2.57 bits per heavy atom. The molecule has 0 aliphatic heterocycles. The number of amides is 1. The molecule has 3 aromatic rings. The first-order valence-corrected chi connectivity index (χ1v) is 7.83. The Labute approximate surface area is 127 Å².